The molecule has 0 saturated carbocycles. The van der Waals surface area contributed by atoms with Crippen LogP contribution in [0.25, 0.3) is 11.2 Å². The van der Waals surface area contributed by atoms with Gasteiger partial charge in [-0.3, -0.25) is 23.9 Å². The summed E-state index contributed by atoms with van der Waals surface area (Å²) < 4.78 is 14.0. The smallest absolute Gasteiger partial charge is 0.330 e. The molecule has 0 bridgehead atoms. The Kier molecular flexibility index (Phi) is 7.81. The number of ether oxygens (including phenoxy) is 2. The maximum Gasteiger partial charge on any atom is 0.330 e. The van der Waals surface area contributed by atoms with Crippen LogP contribution in [0.3, 0.4) is 0 Å². The molecule has 0 aliphatic heterocycles. The van der Waals surface area contributed by atoms with Crippen LogP contribution < -0.4 is 16.0 Å². The predicted molar refractivity (Wildman–Crippen MR) is 122 cm³/mol. The van der Waals surface area contributed by atoms with Gasteiger partial charge in [-0.15, -0.1) is 0 Å². The first-order valence-corrected chi connectivity index (χ1v) is 11.0. The fourth-order valence-electron chi connectivity index (χ4n) is 3.45. The lowest BCUT2D eigenvalue weighted by atomic mass is 10.1. The van der Waals surface area contributed by atoms with E-state index in [0.717, 1.165) is 12.8 Å². The van der Waals surface area contributed by atoms with Crippen LogP contribution in [-0.4, -0.2) is 37.5 Å². The molecule has 1 aromatic carbocycles. The summed E-state index contributed by atoms with van der Waals surface area (Å²) in [6.45, 7) is 6.19. The molecule has 1 N–H and O–H groups in total. The summed E-state index contributed by atoms with van der Waals surface area (Å²) in [6.07, 6.45) is 1.67. The number of Topliss-reactive ketones (excluding diaryl/α,β-unsaturated/α-hetero) is 1. The van der Waals surface area contributed by atoms with E-state index in [4.69, 9.17) is 9.47 Å². The second-order valence-corrected chi connectivity index (χ2v) is 7.55. The summed E-state index contributed by atoms with van der Waals surface area (Å²) in [5.74, 6) is 0.419. The fraction of sp³-hybridized carbons (Fsp3) is 0.435. The van der Waals surface area contributed by atoms with Crippen LogP contribution in [0.2, 0.25) is 0 Å². The predicted octanol–water partition coefficient (Wildman–Crippen LogP) is 2.42. The Balaban J connectivity index is 1.65. The van der Waals surface area contributed by atoms with E-state index >= 15 is 0 Å². The first kappa shape index (κ1) is 24.0. The average molecular weight is 456 g/mol. The number of carbonyl (C=O) groups is 2. The van der Waals surface area contributed by atoms with Crippen LogP contribution in [-0.2, 0) is 29.2 Å². The molecule has 176 valence electrons. The van der Waals surface area contributed by atoms with Gasteiger partial charge in [0, 0.05) is 18.7 Å². The highest BCUT2D eigenvalue weighted by atomic mass is 16.5. The first-order chi connectivity index (χ1) is 15.8. The van der Waals surface area contributed by atoms with E-state index in [0.29, 0.717) is 35.9 Å². The van der Waals surface area contributed by atoms with Gasteiger partial charge >= 0.3 is 11.7 Å². The summed E-state index contributed by atoms with van der Waals surface area (Å²) in [5.41, 5.74) is 0.149. The lowest BCUT2D eigenvalue weighted by Gasteiger charge is -2.08. The Morgan fingerprint density at radius 2 is 1.82 bits per heavy atom. The Morgan fingerprint density at radius 3 is 2.45 bits per heavy atom. The van der Waals surface area contributed by atoms with Crippen molar-refractivity contribution in [2.24, 2.45) is 0 Å². The van der Waals surface area contributed by atoms with E-state index in [-0.39, 0.29) is 30.9 Å². The van der Waals surface area contributed by atoms with Gasteiger partial charge in [-0.2, -0.15) is 0 Å². The number of nitrogens with one attached hydrogen (secondary N) is 1. The zero-order valence-electron chi connectivity index (χ0n) is 19.1. The van der Waals surface area contributed by atoms with E-state index < -0.39 is 17.2 Å². The standard InChI is InChI=1S/C23H28N4O6/c1-4-6-12-27-21-20(22(30)25-23(27)31)26(5-2)18(24-21)14-33-19(29)11-13-32-17-9-7-16(8-10-17)15(3)28/h7-10H,4-6,11-14H2,1-3H3,(H,25,30,31). The van der Waals surface area contributed by atoms with E-state index in [9.17, 15) is 19.2 Å². The number of imidazole rings is 1. The van der Waals surface area contributed by atoms with Gasteiger partial charge in [-0.1, -0.05) is 13.3 Å². The molecule has 0 aliphatic carbocycles. The molecule has 0 saturated heterocycles. The maximum absolute atomic E-state index is 12.4. The van der Waals surface area contributed by atoms with Gasteiger partial charge < -0.3 is 14.0 Å². The number of hydrogen-bond acceptors (Lipinski definition) is 7. The van der Waals surface area contributed by atoms with Crippen molar-refractivity contribution in [1.82, 2.24) is 19.1 Å². The van der Waals surface area contributed by atoms with E-state index in [1.54, 1.807) is 28.8 Å². The maximum atomic E-state index is 12.4. The first-order valence-electron chi connectivity index (χ1n) is 11.0. The number of benzene rings is 1. The molecule has 0 atom stereocenters. The van der Waals surface area contributed by atoms with Gasteiger partial charge in [0.2, 0.25) is 0 Å². The number of unbranched alkanes of at least 4 members (excludes halogenated alkanes) is 1. The van der Waals surface area contributed by atoms with Crippen LogP contribution in [0.5, 0.6) is 5.75 Å². The molecule has 0 radical (unpaired) electrons. The minimum atomic E-state index is -0.515. The molecule has 0 spiro atoms. The van der Waals surface area contributed by atoms with E-state index in [1.165, 1.54) is 11.5 Å². The van der Waals surface area contributed by atoms with Crippen LogP contribution in [0.4, 0.5) is 0 Å². The highest BCUT2D eigenvalue weighted by molar-refractivity contribution is 5.94. The molecule has 3 rings (SSSR count). The molecule has 33 heavy (non-hydrogen) atoms. The van der Waals surface area contributed by atoms with Crippen molar-refractivity contribution in [2.45, 2.75) is 59.7 Å². The minimum absolute atomic E-state index is 0.0165. The van der Waals surface area contributed by atoms with Gasteiger partial charge in [0.05, 0.1) is 13.0 Å². The second kappa shape index (κ2) is 10.8. The number of esters is 1. The number of aromatic amines is 1. The summed E-state index contributed by atoms with van der Waals surface area (Å²) in [5, 5.41) is 0. The van der Waals surface area contributed by atoms with Crippen molar-refractivity contribution in [1.29, 1.82) is 0 Å². The Hall–Kier alpha value is -3.69. The molecule has 3 aromatic rings. The Bertz CT molecular complexity index is 1250. The molecule has 0 amide bonds. The summed E-state index contributed by atoms with van der Waals surface area (Å²) in [7, 11) is 0. The SMILES string of the molecule is CCCCn1c(=O)[nH]c(=O)c2c1nc(COC(=O)CCOc1ccc(C(C)=O)cc1)n2CC. The summed E-state index contributed by atoms with van der Waals surface area (Å²) in [6, 6.07) is 6.66. The monoisotopic (exact) mass is 456 g/mol. The van der Waals surface area contributed by atoms with Crippen molar-refractivity contribution < 1.29 is 19.1 Å². The van der Waals surface area contributed by atoms with Crippen molar-refractivity contribution in [3.63, 3.8) is 0 Å². The Morgan fingerprint density at radius 1 is 1.09 bits per heavy atom. The van der Waals surface area contributed by atoms with Crippen molar-refractivity contribution in [2.75, 3.05) is 6.61 Å². The van der Waals surface area contributed by atoms with Crippen LogP contribution in [0.1, 0.15) is 56.2 Å². The number of hydrogen-bond donors (Lipinski definition) is 1. The van der Waals surface area contributed by atoms with Crippen molar-refractivity contribution >= 4 is 22.9 Å². The normalized spacial score (nSPS) is 11.0. The quantitative estimate of drug-likeness (QED) is 0.347. The number of aryl methyl sites for hydroxylation is 2. The fourth-order valence-corrected chi connectivity index (χ4v) is 3.45. The lowest BCUT2D eigenvalue weighted by Crippen LogP contribution is -2.31. The average Bonchev–Trinajstić information content (AvgIpc) is 3.17. The van der Waals surface area contributed by atoms with E-state index in [2.05, 4.69) is 9.97 Å². The molecule has 0 aliphatic rings. The molecule has 2 aromatic heterocycles. The van der Waals surface area contributed by atoms with Gasteiger partial charge in [0.25, 0.3) is 5.56 Å². The summed E-state index contributed by atoms with van der Waals surface area (Å²) >= 11 is 0. The number of H-pyrrole nitrogens is 1. The topological polar surface area (TPSA) is 125 Å². The third-order valence-corrected chi connectivity index (χ3v) is 5.21. The molecule has 0 unspecified atom stereocenters. The number of aromatic nitrogens is 4. The van der Waals surface area contributed by atoms with Crippen LogP contribution in [0.15, 0.2) is 33.9 Å². The third-order valence-electron chi connectivity index (χ3n) is 5.21. The number of rotatable bonds is 11. The van der Waals surface area contributed by atoms with Gasteiger partial charge in [0.15, 0.2) is 16.9 Å². The van der Waals surface area contributed by atoms with Gasteiger partial charge in [-0.25, -0.2) is 9.78 Å². The zero-order chi connectivity index (χ0) is 24.0. The molecule has 10 nitrogen and oxygen atoms in total. The summed E-state index contributed by atoms with van der Waals surface area (Å²) in [4.78, 5) is 55.0. The largest absolute Gasteiger partial charge is 0.493 e. The number of fused-ring (bicyclic) bond motifs is 1. The molecular formula is C23H28N4O6. The number of nitrogens with zero attached hydrogens (tertiary/aromatic N) is 3. The van der Waals surface area contributed by atoms with Gasteiger partial charge in [-0.05, 0) is 44.5 Å². The van der Waals surface area contributed by atoms with Crippen LogP contribution in [0, 0.1) is 0 Å². The van der Waals surface area contributed by atoms with Gasteiger partial charge in [0.1, 0.15) is 18.2 Å². The Labute approximate surface area is 190 Å². The lowest BCUT2D eigenvalue weighted by molar-refractivity contribution is -0.145. The van der Waals surface area contributed by atoms with E-state index in [1.807, 2.05) is 13.8 Å². The van der Waals surface area contributed by atoms with Crippen molar-refractivity contribution in [3.8, 4) is 5.75 Å². The molecule has 0 fully saturated rings. The molecule has 2 heterocycles. The highest BCUT2D eigenvalue weighted by Crippen LogP contribution is 2.15. The zero-order valence-corrected chi connectivity index (χ0v) is 19.1. The number of ketones is 1. The van der Waals surface area contributed by atoms with Crippen molar-refractivity contribution in [3.05, 3.63) is 56.5 Å². The van der Waals surface area contributed by atoms with Crippen LogP contribution >= 0.6 is 0 Å². The molecule has 10 heteroatoms. The second-order valence-electron chi connectivity index (χ2n) is 7.55. The third kappa shape index (κ3) is 5.57. The number of carbonyl (C=O) groups excluding carboxylic acids is 2. The minimum Gasteiger partial charge on any atom is -0.493 e. The molecular weight excluding hydrogens is 428 g/mol. The highest BCUT2D eigenvalue weighted by Gasteiger charge is 2.18.